The highest BCUT2D eigenvalue weighted by atomic mass is 14.9. The first-order chi connectivity index (χ1) is 13.1. The van der Waals surface area contributed by atoms with Gasteiger partial charge in [-0.05, 0) is 56.4 Å². The first-order valence-corrected chi connectivity index (χ1v) is 12.8. The van der Waals surface area contributed by atoms with Crippen LogP contribution in [-0.4, -0.2) is 12.6 Å². The van der Waals surface area contributed by atoms with Crippen molar-refractivity contribution in [3.8, 4) is 0 Å². The lowest BCUT2D eigenvalue weighted by Gasteiger charge is -2.32. The summed E-state index contributed by atoms with van der Waals surface area (Å²) in [5.41, 5.74) is 0.679. The van der Waals surface area contributed by atoms with Crippen LogP contribution < -0.4 is 5.32 Å². The third-order valence-electron chi connectivity index (χ3n) is 6.94. The lowest BCUT2D eigenvalue weighted by Crippen LogP contribution is -2.41. The Morgan fingerprint density at radius 2 is 1.15 bits per heavy atom. The number of piperidine rings is 1. The normalized spacial score (nSPS) is 28.0. The maximum Gasteiger partial charge on any atom is 0.00952 e. The smallest absolute Gasteiger partial charge is 0.00952 e. The summed E-state index contributed by atoms with van der Waals surface area (Å²) in [7, 11) is 0. The molecule has 2 saturated carbocycles. The van der Waals surface area contributed by atoms with Crippen LogP contribution in [0.3, 0.4) is 0 Å². The first kappa shape index (κ1) is 25.0. The molecule has 3 fully saturated rings. The van der Waals surface area contributed by atoms with Gasteiger partial charge in [-0.2, -0.15) is 0 Å². The molecule has 3 aliphatic rings. The minimum absolute atomic E-state index is 0.679. The quantitative estimate of drug-likeness (QED) is 0.482. The molecule has 2 atom stereocenters. The molecule has 1 heteroatoms. The summed E-state index contributed by atoms with van der Waals surface area (Å²) < 4.78 is 0. The molecule has 0 amide bonds. The van der Waals surface area contributed by atoms with Gasteiger partial charge in [-0.3, -0.25) is 0 Å². The van der Waals surface area contributed by atoms with Crippen molar-refractivity contribution in [2.24, 2.45) is 11.3 Å². The third kappa shape index (κ3) is 12.9. The zero-order valence-corrected chi connectivity index (χ0v) is 19.6. The highest BCUT2D eigenvalue weighted by molar-refractivity contribution is 4.80. The Morgan fingerprint density at radius 1 is 0.667 bits per heavy atom. The molecular formula is C26H53N. The van der Waals surface area contributed by atoms with Gasteiger partial charge in [0.05, 0.1) is 0 Å². The topological polar surface area (TPSA) is 12.0 Å². The van der Waals surface area contributed by atoms with E-state index in [1.807, 2.05) is 0 Å². The monoisotopic (exact) mass is 379 g/mol. The van der Waals surface area contributed by atoms with Crippen LogP contribution in [-0.2, 0) is 0 Å². The van der Waals surface area contributed by atoms with E-state index < -0.39 is 0 Å². The molecule has 162 valence electrons. The van der Waals surface area contributed by atoms with E-state index in [4.69, 9.17) is 0 Å². The fraction of sp³-hybridized carbons (Fsp3) is 1.00. The van der Waals surface area contributed by atoms with Crippen LogP contribution in [0, 0.1) is 11.3 Å². The number of hydrogen-bond donors (Lipinski definition) is 1. The molecule has 0 aromatic heterocycles. The third-order valence-corrected chi connectivity index (χ3v) is 6.94. The summed E-state index contributed by atoms with van der Waals surface area (Å²) in [4.78, 5) is 0. The fourth-order valence-electron chi connectivity index (χ4n) is 5.13. The Labute approximate surface area is 172 Å². The summed E-state index contributed by atoms with van der Waals surface area (Å²) >= 11 is 0. The van der Waals surface area contributed by atoms with Crippen molar-refractivity contribution >= 4 is 0 Å². The van der Waals surface area contributed by atoms with Gasteiger partial charge in [-0.1, -0.05) is 105 Å². The van der Waals surface area contributed by atoms with E-state index >= 15 is 0 Å². The van der Waals surface area contributed by atoms with Crippen molar-refractivity contribution in [2.75, 3.05) is 6.54 Å². The summed E-state index contributed by atoms with van der Waals surface area (Å²) in [6, 6.07) is 0.837. The van der Waals surface area contributed by atoms with E-state index in [2.05, 4.69) is 33.0 Å². The molecule has 3 rings (SSSR count). The van der Waals surface area contributed by atoms with Gasteiger partial charge in [0.15, 0.2) is 0 Å². The molecule has 0 radical (unpaired) electrons. The molecule has 0 bridgehead atoms. The number of hydrogen-bond acceptors (Lipinski definition) is 1. The lowest BCUT2D eigenvalue weighted by molar-refractivity contribution is 0.244. The predicted molar refractivity (Wildman–Crippen MR) is 124 cm³/mol. The average molecular weight is 380 g/mol. The summed E-state index contributed by atoms with van der Waals surface area (Å²) in [5, 5.41) is 3.65. The molecule has 2 aliphatic carbocycles. The zero-order chi connectivity index (χ0) is 19.8. The van der Waals surface area contributed by atoms with Gasteiger partial charge in [-0.25, -0.2) is 0 Å². The molecule has 27 heavy (non-hydrogen) atoms. The van der Waals surface area contributed by atoms with Crippen LogP contribution in [0.4, 0.5) is 0 Å². The van der Waals surface area contributed by atoms with Crippen molar-refractivity contribution in [3.05, 3.63) is 0 Å². The largest absolute Gasteiger partial charge is 0.314 e. The number of nitrogens with one attached hydrogen (secondary N) is 1. The second kappa shape index (κ2) is 15.8. The Balaban J connectivity index is 0.000000212. The molecule has 1 N–H and O–H groups in total. The van der Waals surface area contributed by atoms with Gasteiger partial charge in [0.1, 0.15) is 0 Å². The SMILES string of the molecule is C1CCCCCC1.CC1(C)CCCCC1.CCCC1CCCNC1CCC. The Kier molecular flexibility index (Phi) is 14.7. The van der Waals surface area contributed by atoms with E-state index in [1.165, 1.54) is 122 Å². The van der Waals surface area contributed by atoms with E-state index in [9.17, 15) is 0 Å². The van der Waals surface area contributed by atoms with Crippen LogP contribution in [0.25, 0.3) is 0 Å². The van der Waals surface area contributed by atoms with Crippen LogP contribution in [0.5, 0.6) is 0 Å². The molecule has 0 aromatic rings. The molecule has 1 heterocycles. The molecule has 0 spiro atoms. The summed E-state index contributed by atoms with van der Waals surface area (Å²) in [6.45, 7) is 10.6. The Morgan fingerprint density at radius 3 is 1.56 bits per heavy atom. The van der Waals surface area contributed by atoms with Gasteiger partial charge < -0.3 is 5.32 Å². The number of rotatable bonds is 4. The first-order valence-electron chi connectivity index (χ1n) is 12.8. The second-order valence-corrected chi connectivity index (χ2v) is 10.2. The van der Waals surface area contributed by atoms with Crippen molar-refractivity contribution in [1.29, 1.82) is 0 Å². The molecule has 2 unspecified atom stereocenters. The highest BCUT2D eigenvalue weighted by Crippen LogP contribution is 2.34. The molecular weight excluding hydrogens is 326 g/mol. The van der Waals surface area contributed by atoms with E-state index in [1.54, 1.807) is 0 Å². The van der Waals surface area contributed by atoms with Gasteiger partial charge in [0.2, 0.25) is 0 Å². The minimum Gasteiger partial charge on any atom is -0.314 e. The van der Waals surface area contributed by atoms with Gasteiger partial charge in [0.25, 0.3) is 0 Å². The van der Waals surface area contributed by atoms with Crippen molar-refractivity contribution in [1.82, 2.24) is 5.32 Å². The molecule has 1 saturated heterocycles. The molecule has 1 aliphatic heterocycles. The van der Waals surface area contributed by atoms with Crippen molar-refractivity contribution in [3.63, 3.8) is 0 Å². The Bertz CT molecular complexity index is 277. The predicted octanol–water partition coefficient (Wildman–Crippen LogP) is 8.66. The fourth-order valence-corrected chi connectivity index (χ4v) is 5.13. The van der Waals surface area contributed by atoms with Crippen LogP contribution in [0.15, 0.2) is 0 Å². The minimum atomic E-state index is 0.679. The standard InChI is InChI=1S/C11H23N.C8H16.C7H14/c1-3-6-10-8-5-9-12-11(10)7-4-2;1-8(2)6-4-3-5-7-8;1-2-4-6-7-5-3-1/h10-12H,3-9H2,1-2H3;3-7H2,1-2H3;1-7H2. The second-order valence-electron chi connectivity index (χ2n) is 10.2. The summed E-state index contributed by atoms with van der Waals surface area (Å²) in [6.07, 6.45) is 26.2. The maximum absolute atomic E-state index is 3.65. The van der Waals surface area contributed by atoms with Gasteiger partial charge in [-0.15, -0.1) is 0 Å². The maximum atomic E-state index is 3.65. The lowest BCUT2D eigenvalue weighted by atomic mass is 9.78. The van der Waals surface area contributed by atoms with Gasteiger partial charge >= 0.3 is 0 Å². The molecule has 0 aromatic carbocycles. The van der Waals surface area contributed by atoms with Crippen molar-refractivity contribution in [2.45, 2.75) is 149 Å². The molecule has 1 nitrogen and oxygen atoms in total. The van der Waals surface area contributed by atoms with E-state index in [0.717, 1.165) is 12.0 Å². The van der Waals surface area contributed by atoms with Crippen LogP contribution in [0.1, 0.15) is 143 Å². The van der Waals surface area contributed by atoms with Crippen LogP contribution in [0.2, 0.25) is 0 Å². The van der Waals surface area contributed by atoms with E-state index in [-0.39, 0.29) is 0 Å². The average Bonchev–Trinajstić information content (AvgIpc) is 2.98. The van der Waals surface area contributed by atoms with Crippen LogP contribution >= 0.6 is 0 Å². The van der Waals surface area contributed by atoms with E-state index in [0.29, 0.717) is 5.41 Å². The summed E-state index contributed by atoms with van der Waals surface area (Å²) in [5.74, 6) is 0.976. The Hall–Kier alpha value is -0.0400. The van der Waals surface area contributed by atoms with Crippen molar-refractivity contribution < 1.29 is 0 Å². The van der Waals surface area contributed by atoms with Gasteiger partial charge in [0, 0.05) is 6.04 Å². The zero-order valence-electron chi connectivity index (χ0n) is 19.6. The highest BCUT2D eigenvalue weighted by Gasteiger charge is 2.22.